The molecule has 0 unspecified atom stereocenters. The van der Waals surface area contributed by atoms with Crippen LogP contribution in [-0.2, 0) is 34.0 Å². The Balaban J connectivity index is -0.0000000418. The molecule has 0 amide bonds. The van der Waals surface area contributed by atoms with E-state index in [0.29, 0.717) is 0 Å². The minimum absolute atomic E-state index is 0. The van der Waals surface area contributed by atoms with E-state index < -0.39 is 28.6 Å². The molecule has 0 radical (unpaired) electrons. The SMILES string of the molecule is O=P([O-])([O-])O.O=S(=O)([O-])OOS(=O)(=O)[O-].[K+].[K+].[K+].[K+]. The van der Waals surface area contributed by atoms with Crippen molar-refractivity contribution >= 4 is 28.6 Å². The molecule has 0 heterocycles. The zero-order chi connectivity index (χ0) is 12.9. The molecule has 12 nitrogen and oxygen atoms in total. The fourth-order valence-electron chi connectivity index (χ4n) is 0.0680. The molecule has 0 saturated heterocycles. The van der Waals surface area contributed by atoms with Gasteiger partial charge in [-0.2, -0.15) is 0 Å². The molecule has 0 aromatic rings. The largest absolute Gasteiger partial charge is 1.00 e. The van der Waals surface area contributed by atoms with Gasteiger partial charge in [0.1, 0.15) is 0 Å². The van der Waals surface area contributed by atoms with E-state index >= 15 is 0 Å². The summed E-state index contributed by atoms with van der Waals surface area (Å²) < 4.78 is 70.1. The van der Waals surface area contributed by atoms with Gasteiger partial charge in [0.2, 0.25) is 20.8 Å². The van der Waals surface area contributed by atoms with Crippen LogP contribution in [0.4, 0.5) is 0 Å². The molecular formula is HK4O12PS2. The van der Waals surface area contributed by atoms with Crippen LogP contribution in [0.15, 0.2) is 0 Å². The first-order valence-corrected chi connectivity index (χ1v) is 6.41. The van der Waals surface area contributed by atoms with E-state index in [1.165, 1.54) is 0 Å². The maximum atomic E-state index is 9.37. The smallest absolute Gasteiger partial charge is 0.790 e. The average Bonchev–Trinajstić information content (AvgIpc) is 1.76. The number of hydrogen-bond donors (Lipinski definition) is 1. The standard InChI is InChI=1S/4K.H2O8S2.H3O4P/c;;;;1-9(2,3)7-8-10(4,5)6;1-5(2,3)4/h;;;;(H,1,2,3)(H,4,5,6);(H3,1,2,3,4)/q4*+1;;/p-4. The Hall–Kier alpha value is 6.40. The quantitative estimate of drug-likeness (QED) is 0.107. The molecular weight excluding hydrogens is 443 g/mol. The predicted molar refractivity (Wildman–Crippen MR) is 31.4 cm³/mol. The van der Waals surface area contributed by atoms with Crippen LogP contribution in [0.1, 0.15) is 0 Å². The van der Waals surface area contributed by atoms with Crippen molar-refractivity contribution in [3.8, 4) is 0 Å². The molecule has 0 bridgehead atoms. The van der Waals surface area contributed by atoms with Crippen LogP contribution >= 0.6 is 7.82 Å². The summed E-state index contributed by atoms with van der Waals surface area (Å²) in [6.07, 6.45) is 0. The summed E-state index contributed by atoms with van der Waals surface area (Å²) in [6, 6.07) is 0. The molecule has 1 N–H and O–H groups in total. The third-order valence-electron chi connectivity index (χ3n) is 0.194. The molecule has 0 aliphatic carbocycles. The Morgan fingerprint density at radius 2 is 0.895 bits per heavy atom. The van der Waals surface area contributed by atoms with Crippen molar-refractivity contribution in [2.24, 2.45) is 0 Å². The summed E-state index contributed by atoms with van der Waals surface area (Å²) in [6.45, 7) is 0. The second-order valence-electron chi connectivity index (χ2n) is 1.42. The third kappa shape index (κ3) is 68.2. The minimum atomic E-state index is -5.31. The van der Waals surface area contributed by atoms with E-state index in [1.54, 1.807) is 0 Å². The van der Waals surface area contributed by atoms with Gasteiger partial charge in [-0.1, -0.05) is 0 Å². The Bertz CT molecular complexity index is 376. The predicted octanol–water partition coefficient (Wildman–Crippen LogP) is -16.3. The van der Waals surface area contributed by atoms with Crippen LogP contribution in [0.5, 0.6) is 0 Å². The Kier molecular flexibility index (Phi) is 40.5. The van der Waals surface area contributed by atoms with Crippen LogP contribution in [0.3, 0.4) is 0 Å². The van der Waals surface area contributed by atoms with Gasteiger partial charge in [0, 0.05) is 0 Å². The molecule has 0 aliphatic rings. The second kappa shape index (κ2) is 19.2. The zero-order valence-electron chi connectivity index (χ0n) is 10.2. The molecule has 19 heteroatoms. The van der Waals surface area contributed by atoms with Gasteiger partial charge in [0.05, 0.1) is 7.82 Å². The Morgan fingerprint density at radius 1 is 0.789 bits per heavy atom. The van der Waals surface area contributed by atoms with Gasteiger partial charge in [-0.3, -0.25) is 0 Å². The van der Waals surface area contributed by atoms with E-state index in [0.717, 1.165) is 0 Å². The first-order valence-electron chi connectivity index (χ1n) is 2.25. The van der Waals surface area contributed by atoms with Crippen LogP contribution in [0.2, 0.25) is 0 Å². The fourth-order valence-corrected chi connectivity index (χ4v) is 0.612. The molecule has 0 aromatic heterocycles. The van der Waals surface area contributed by atoms with Crippen LogP contribution in [0, 0.1) is 0 Å². The van der Waals surface area contributed by atoms with Crippen molar-refractivity contribution < 1.29 is 259 Å². The number of hydrogen-bond acceptors (Lipinski definition) is 11. The van der Waals surface area contributed by atoms with E-state index in [1.807, 2.05) is 0 Å². The summed E-state index contributed by atoms with van der Waals surface area (Å²) >= 11 is 0. The van der Waals surface area contributed by atoms with E-state index in [-0.39, 0.29) is 206 Å². The molecule has 94 valence electrons. The average molecular weight is 444 g/mol. The van der Waals surface area contributed by atoms with Crippen molar-refractivity contribution in [2.45, 2.75) is 0 Å². The van der Waals surface area contributed by atoms with Gasteiger partial charge >= 0.3 is 206 Å². The molecule has 0 aromatic carbocycles. The number of phosphoric acid groups is 1. The fraction of sp³-hybridized carbons (Fsp3) is 0. The molecule has 0 aliphatic heterocycles. The zero-order valence-corrected chi connectivity index (χ0v) is 25.2. The second-order valence-corrected chi connectivity index (χ2v) is 4.26. The number of rotatable bonds is 3. The van der Waals surface area contributed by atoms with Crippen LogP contribution in [0.25, 0.3) is 0 Å². The van der Waals surface area contributed by atoms with Gasteiger partial charge < -0.3 is 28.4 Å². The molecule has 0 fully saturated rings. The molecule has 0 rings (SSSR count). The van der Waals surface area contributed by atoms with E-state index in [2.05, 4.69) is 8.67 Å². The molecule has 19 heavy (non-hydrogen) atoms. The molecule has 0 spiro atoms. The Labute approximate surface area is 279 Å². The molecule has 0 saturated carbocycles. The molecule has 0 atom stereocenters. The van der Waals surface area contributed by atoms with Crippen molar-refractivity contribution in [3.63, 3.8) is 0 Å². The maximum Gasteiger partial charge on any atom is 1.00 e. The van der Waals surface area contributed by atoms with Crippen LogP contribution in [-0.4, -0.2) is 30.8 Å². The third-order valence-corrected chi connectivity index (χ3v) is 0.750. The normalized spacial score (nSPS) is 10.2. The van der Waals surface area contributed by atoms with Crippen LogP contribution < -0.4 is 215 Å². The topological polar surface area (TPSA) is 216 Å². The first-order chi connectivity index (χ1) is 6.21. The van der Waals surface area contributed by atoms with E-state index in [9.17, 15) is 25.9 Å². The summed E-state index contributed by atoms with van der Waals surface area (Å²) in [4.78, 5) is 24.3. The van der Waals surface area contributed by atoms with Gasteiger partial charge in [-0.15, -0.1) is 8.67 Å². The van der Waals surface area contributed by atoms with Gasteiger partial charge in [0.25, 0.3) is 0 Å². The summed E-state index contributed by atoms with van der Waals surface area (Å²) in [5, 5.41) is 0. The summed E-state index contributed by atoms with van der Waals surface area (Å²) in [7, 11) is -15.8. The van der Waals surface area contributed by atoms with Crippen molar-refractivity contribution in [1.82, 2.24) is 0 Å². The summed E-state index contributed by atoms with van der Waals surface area (Å²) in [5.74, 6) is 0. The van der Waals surface area contributed by atoms with Gasteiger partial charge in [-0.05, 0) is 0 Å². The maximum absolute atomic E-state index is 9.37. The van der Waals surface area contributed by atoms with Crippen molar-refractivity contribution in [2.75, 3.05) is 0 Å². The van der Waals surface area contributed by atoms with Crippen molar-refractivity contribution in [1.29, 1.82) is 0 Å². The van der Waals surface area contributed by atoms with E-state index in [4.69, 9.17) is 19.2 Å². The van der Waals surface area contributed by atoms with Gasteiger partial charge in [-0.25, -0.2) is 16.8 Å². The first kappa shape index (κ1) is 40.2. The summed E-state index contributed by atoms with van der Waals surface area (Å²) in [5.41, 5.74) is 0. The minimum Gasteiger partial charge on any atom is -0.790 e. The Morgan fingerprint density at radius 3 is 0.947 bits per heavy atom. The van der Waals surface area contributed by atoms with Gasteiger partial charge in [0.15, 0.2) is 0 Å². The van der Waals surface area contributed by atoms with Crippen molar-refractivity contribution in [3.05, 3.63) is 0 Å². The monoisotopic (exact) mass is 444 g/mol.